The number of nitrogens with two attached hydrogens (primary N) is 1. The highest BCUT2D eigenvalue weighted by atomic mass is 16.5. The Hall–Kier alpha value is -3.09. The molecule has 26 heavy (non-hydrogen) atoms. The monoisotopic (exact) mass is 355 g/mol. The van der Waals surface area contributed by atoms with E-state index in [0.717, 1.165) is 5.56 Å². The number of hydrogen-bond donors (Lipinski definition) is 2. The van der Waals surface area contributed by atoms with Gasteiger partial charge in [0, 0.05) is 31.3 Å². The van der Waals surface area contributed by atoms with Crippen LogP contribution in [0.4, 0.5) is 0 Å². The maximum atomic E-state index is 12.5. The van der Waals surface area contributed by atoms with Crippen LogP contribution in [-0.2, 0) is 11.4 Å². The van der Waals surface area contributed by atoms with Crippen LogP contribution in [0.5, 0.6) is 5.75 Å². The van der Waals surface area contributed by atoms with Gasteiger partial charge in [-0.2, -0.15) is 0 Å². The van der Waals surface area contributed by atoms with Gasteiger partial charge in [-0.3, -0.25) is 14.4 Å². The average Bonchev–Trinajstić information content (AvgIpc) is 2.67. The lowest BCUT2D eigenvalue weighted by Crippen LogP contribution is -2.42. The molecule has 0 radical (unpaired) electrons. The van der Waals surface area contributed by atoms with E-state index < -0.39 is 0 Å². The maximum absolute atomic E-state index is 12.5. The minimum atomic E-state index is -0.352. The molecule has 2 heterocycles. The topological polar surface area (TPSA) is 105 Å². The Morgan fingerprint density at radius 2 is 1.88 bits per heavy atom. The number of amides is 2. The van der Waals surface area contributed by atoms with Crippen LogP contribution in [0.15, 0.2) is 47.4 Å². The summed E-state index contributed by atoms with van der Waals surface area (Å²) in [5.41, 5.74) is 6.11. The highest BCUT2D eigenvalue weighted by Gasteiger charge is 2.27. The van der Waals surface area contributed by atoms with Gasteiger partial charge in [0.15, 0.2) is 5.75 Å². The number of piperidine rings is 1. The van der Waals surface area contributed by atoms with Crippen molar-refractivity contribution in [3.05, 3.63) is 64.1 Å². The van der Waals surface area contributed by atoms with E-state index in [0.29, 0.717) is 25.9 Å². The number of carbonyl (C=O) groups excluding carboxylic acids is 2. The van der Waals surface area contributed by atoms with Crippen molar-refractivity contribution in [1.82, 2.24) is 9.88 Å². The predicted molar refractivity (Wildman–Crippen MR) is 95.7 cm³/mol. The lowest BCUT2D eigenvalue weighted by atomic mass is 9.96. The fraction of sp³-hybridized carbons (Fsp3) is 0.316. The number of hydrogen-bond acceptors (Lipinski definition) is 4. The first-order valence-corrected chi connectivity index (χ1v) is 8.52. The van der Waals surface area contributed by atoms with Crippen molar-refractivity contribution in [1.29, 1.82) is 0 Å². The number of ether oxygens (including phenoxy) is 1. The summed E-state index contributed by atoms with van der Waals surface area (Å²) in [6, 6.07) is 10.8. The Balaban J connectivity index is 1.63. The van der Waals surface area contributed by atoms with Crippen molar-refractivity contribution >= 4 is 11.8 Å². The normalized spacial score (nSPS) is 14.8. The fourth-order valence-corrected chi connectivity index (χ4v) is 2.97. The van der Waals surface area contributed by atoms with Crippen LogP contribution in [0.1, 0.15) is 28.9 Å². The zero-order valence-electron chi connectivity index (χ0n) is 14.3. The number of pyridine rings is 1. The fourth-order valence-electron chi connectivity index (χ4n) is 2.97. The lowest BCUT2D eigenvalue weighted by molar-refractivity contribution is -0.123. The molecule has 1 aliphatic rings. The molecule has 0 bridgehead atoms. The van der Waals surface area contributed by atoms with Crippen LogP contribution in [0.25, 0.3) is 0 Å². The van der Waals surface area contributed by atoms with E-state index in [1.54, 1.807) is 4.90 Å². The van der Waals surface area contributed by atoms with E-state index in [1.165, 1.54) is 12.3 Å². The molecule has 3 rings (SSSR count). The molecular weight excluding hydrogens is 334 g/mol. The second-order valence-electron chi connectivity index (χ2n) is 6.32. The number of benzene rings is 1. The third-order valence-corrected chi connectivity index (χ3v) is 4.53. The van der Waals surface area contributed by atoms with Crippen molar-refractivity contribution < 1.29 is 14.3 Å². The van der Waals surface area contributed by atoms with Gasteiger partial charge in [0.2, 0.25) is 11.3 Å². The van der Waals surface area contributed by atoms with Gasteiger partial charge < -0.3 is 20.4 Å². The molecule has 3 N–H and O–H groups in total. The summed E-state index contributed by atoms with van der Waals surface area (Å²) in [7, 11) is 0. The van der Waals surface area contributed by atoms with Gasteiger partial charge in [0.1, 0.15) is 12.3 Å². The van der Waals surface area contributed by atoms with Crippen LogP contribution >= 0.6 is 0 Å². The molecule has 0 atom stereocenters. The van der Waals surface area contributed by atoms with Crippen molar-refractivity contribution in [2.75, 3.05) is 13.1 Å². The second-order valence-corrected chi connectivity index (χ2v) is 6.32. The molecule has 0 saturated carbocycles. The van der Waals surface area contributed by atoms with Gasteiger partial charge in [-0.15, -0.1) is 0 Å². The van der Waals surface area contributed by atoms with Gasteiger partial charge in [-0.25, -0.2) is 0 Å². The summed E-state index contributed by atoms with van der Waals surface area (Å²) >= 11 is 0. The number of aromatic amines is 1. The zero-order valence-corrected chi connectivity index (χ0v) is 14.3. The number of aromatic nitrogens is 1. The number of rotatable bonds is 5. The minimum Gasteiger partial charge on any atom is -0.483 e. The molecule has 2 amide bonds. The van der Waals surface area contributed by atoms with Gasteiger partial charge in [-0.05, 0) is 18.4 Å². The van der Waals surface area contributed by atoms with Crippen molar-refractivity contribution in [3.8, 4) is 5.75 Å². The summed E-state index contributed by atoms with van der Waals surface area (Å²) in [5.74, 6) is -0.616. The Morgan fingerprint density at radius 1 is 1.19 bits per heavy atom. The molecule has 7 heteroatoms. The molecule has 136 valence electrons. The van der Waals surface area contributed by atoms with Crippen molar-refractivity contribution in [3.63, 3.8) is 0 Å². The van der Waals surface area contributed by atoms with E-state index in [1.807, 2.05) is 30.3 Å². The third kappa shape index (κ3) is 4.11. The molecule has 0 unspecified atom stereocenters. The number of nitrogens with zero attached hydrogens (tertiary/aromatic N) is 1. The molecule has 7 nitrogen and oxygen atoms in total. The second kappa shape index (κ2) is 7.86. The number of primary amides is 1. The SMILES string of the molecule is NC(=O)C1CCN(C(=O)c2cc(=O)c(OCc3ccccc3)c[nH]2)CC1. The number of likely N-dealkylation sites (tertiary alicyclic amines) is 1. The summed E-state index contributed by atoms with van der Waals surface area (Å²) in [6.07, 6.45) is 2.50. The summed E-state index contributed by atoms with van der Waals surface area (Å²) < 4.78 is 5.52. The van der Waals surface area contributed by atoms with Crippen LogP contribution in [-0.4, -0.2) is 34.8 Å². The van der Waals surface area contributed by atoms with Gasteiger partial charge in [0.25, 0.3) is 5.91 Å². The van der Waals surface area contributed by atoms with Crippen molar-refractivity contribution in [2.45, 2.75) is 19.4 Å². The van der Waals surface area contributed by atoms with E-state index in [2.05, 4.69) is 4.98 Å². The van der Waals surface area contributed by atoms with Gasteiger partial charge in [0.05, 0.1) is 0 Å². The Kier molecular flexibility index (Phi) is 5.36. The van der Waals surface area contributed by atoms with E-state index in [-0.39, 0.29) is 41.2 Å². The molecule has 0 aliphatic carbocycles. The highest BCUT2D eigenvalue weighted by Crippen LogP contribution is 2.18. The minimum absolute atomic E-state index is 0.165. The first kappa shape index (κ1) is 17.7. The number of nitrogens with one attached hydrogen (secondary N) is 1. The molecule has 1 aliphatic heterocycles. The quantitative estimate of drug-likeness (QED) is 0.843. The van der Waals surface area contributed by atoms with Gasteiger partial charge in [-0.1, -0.05) is 30.3 Å². The van der Waals surface area contributed by atoms with E-state index in [4.69, 9.17) is 10.5 Å². The van der Waals surface area contributed by atoms with Crippen LogP contribution < -0.4 is 15.9 Å². The van der Waals surface area contributed by atoms with Crippen LogP contribution in [0.3, 0.4) is 0 Å². The smallest absolute Gasteiger partial charge is 0.270 e. The molecular formula is C19H21N3O4. The Morgan fingerprint density at radius 3 is 2.50 bits per heavy atom. The largest absolute Gasteiger partial charge is 0.483 e. The summed E-state index contributed by atoms with van der Waals surface area (Å²) in [6.45, 7) is 1.17. The zero-order chi connectivity index (χ0) is 18.5. The van der Waals surface area contributed by atoms with E-state index >= 15 is 0 Å². The van der Waals surface area contributed by atoms with Crippen LogP contribution in [0.2, 0.25) is 0 Å². The molecule has 2 aromatic rings. The predicted octanol–water partition coefficient (Wildman–Crippen LogP) is 1.29. The number of carbonyl (C=O) groups is 2. The molecule has 1 aromatic heterocycles. The molecule has 0 spiro atoms. The maximum Gasteiger partial charge on any atom is 0.270 e. The number of H-pyrrole nitrogens is 1. The average molecular weight is 355 g/mol. The summed E-state index contributed by atoms with van der Waals surface area (Å²) in [5, 5.41) is 0. The van der Waals surface area contributed by atoms with E-state index in [9.17, 15) is 14.4 Å². The first-order chi connectivity index (χ1) is 12.5. The third-order valence-electron chi connectivity index (χ3n) is 4.53. The molecule has 1 saturated heterocycles. The first-order valence-electron chi connectivity index (χ1n) is 8.52. The highest BCUT2D eigenvalue weighted by molar-refractivity contribution is 5.92. The standard InChI is InChI=1S/C19H21N3O4/c20-18(24)14-6-8-22(9-7-14)19(25)15-10-16(23)17(11-21-15)26-12-13-4-2-1-3-5-13/h1-5,10-11,14H,6-9,12H2,(H2,20,24)(H,21,23). The molecule has 1 aromatic carbocycles. The summed E-state index contributed by atoms with van der Waals surface area (Å²) in [4.78, 5) is 40.4. The Bertz CT molecular complexity index is 839. The van der Waals surface area contributed by atoms with Crippen LogP contribution in [0, 0.1) is 5.92 Å². The van der Waals surface area contributed by atoms with Crippen molar-refractivity contribution in [2.24, 2.45) is 11.7 Å². The molecule has 1 fully saturated rings. The lowest BCUT2D eigenvalue weighted by Gasteiger charge is -2.30. The Labute approximate surface area is 150 Å². The van der Waals surface area contributed by atoms with Gasteiger partial charge >= 0.3 is 0 Å².